The molecule has 3 aromatic rings. The van der Waals surface area contributed by atoms with Crippen molar-refractivity contribution in [2.75, 3.05) is 0 Å². The first-order chi connectivity index (χ1) is 8.36. The minimum Gasteiger partial charge on any atom is -0.392 e. The van der Waals surface area contributed by atoms with Crippen LogP contribution < -0.4 is 0 Å². The van der Waals surface area contributed by atoms with E-state index in [9.17, 15) is 0 Å². The fraction of sp³-hybridized carbons (Fsp3) is 0.154. The van der Waals surface area contributed by atoms with Crippen LogP contribution in [0.2, 0.25) is 0 Å². The first kappa shape index (κ1) is 10.5. The van der Waals surface area contributed by atoms with Crippen molar-refractivity contribution in [3.8, 4) is 0 Å². The zero-order valence-corrected chi connectivity index (χ0v) is 10.0. The fourth-order valence-electron chi connectivity index (χ4n) is 1.96. The molecule has 0 saturated heterocycles. The summed E-state index contributed by atoms with van der Waals surface area (Å²) in [6.07, 6.45) is 2.06. The van der Waals surface area contributed by atoms with Crippen LogP contribution in [0.4, 0.5) is 0 Å². The van der Waals surface area contributed by atoms with Crippen molar-refractivity contribution in [3.63, 3.8) is 0 Å². The molecule has 0 amide bonds. The molecule has 0 atom stereocenters. The van der Waals surface area contributed by atoms with Crippen molar-refractivity contribution in [2.45, 2.75) is 13.2 Å². The maximum absolute atomic E-state index is 9.16. The number of benzene rings is 1. The molecule has 0 fully saturated rings. The number of aliphatic hydroxyl groups excluding tert-OH is 1. The summed E-state index contributed by atoms with van der Waals surface area (Å²) in [5, 5.41) is 12.4. The largest absolute Gasteiger partial charge is 0.392 e. The van der Waals surface area contributed by atoms with Crippen LogP contribution in [0.3, 0.4) is 0 Å². The van der Waals surface area contributed by atoms with Crippen LogP contribution in [0.1, 0.15) is 11.3 Å². The van der Waals surface area contributed by atoms with E-state index in [1.165, 1.54) is 5.39 Å². The molecule has 4 heteroatoms. The van der Waals surface area contributed by atoms with Crippen LogP contribution in [0.25, 0.3) is 10.9 Å². The molecule has 3 rings (SSSR count). The van der Waals surface area contributed by atoms with Gasteiger partial charge in [-0.25, -0.2) is 4.98 Å². The third-order valence-electron chi connectivity index (χ3n) is 2.84. The van der Waals surface area contributed by atoms with Crippen molar-refractivity contribution in [1.29, 1.82) is 0 Å². The van der Waals surface area contributed by atoms with Gasteiger partial charge >= 0.3 is 0 Å². The lowest BCUT2D eigenvalue weighted by molar-refractivity contribution is 0.282. The normalized spacial score (nSPS) is 11.1. The van der Waals surface area contributed by atoms with Crippen LogP contribution in [0.15, 0.2) is 41.4 Å². The molecule has 0 bridgehead atoms. The lowest BCUT2D eigenvalue weighted by atomic mass is 10.2. The van der Waals surface area contributed by atoms with Gasteiger partial charge in [-0.3, -0.25) is 0 Å². The van der Waals surface area contributed by atoms with Crippen molar-refractivity contribution < 1.29 is 5.11 Å². The number of thiazole rings is 1. The SMILES string of the molecule is OCc1ccc2ccn(Cc3cscn3)c2c1. The molecule has 0 spiro atoms. The molecular formula is C13H12N2OS. The highest BCUT2D eigenvalue weighted by Gasteiger charge is 2.03. The molecule has 2 heterocycles. The summed E-state index contributed by atoms with van der Waals surface area (Å²) in [7, 11) is 0. The monoisotopic (exact) mass is 244 g/mol. The second-order valence-corrected chi connectivity index (χ2v) is 4.69. The third kappa shape index (κ3) is 1.97. The molecule has 0 aliphatic rings. The molecule has 17 heavy (non-hydrogen) atoms. The van der Waals surface area contributed by atoms with Crippen LogP contribution in [0.5, 0.6) is 0 Å². The number of aliphatic hydroxyl groups is 1. The number of rotatable bonds is 3. The lowest BCUT2D eigenvalue weighted by Crippen LogP contribution is -1.98. The maximum Gasteiger partial charge on any atom is 0.0795 e. The Labute approximate surface area is 103 Å². The van der Waals surface area contributed by atoms with Crippen LogP contribution in [-0.4, -0.2) is 14.7 Å². The molecule has 0 aliphatic carbocycles. The minimum atomic E-state index is 0.0812. The summed E-state index contributed by atoms with van der Waals surface area (Å²) in [6, 6.07) is 8.11. The molecule has 0 radical (unpaired) electrons. The van der Waals surface area contributed by atoms with Crippen molar-refractivity contribution >= 4 is 22.2 Å². The van der Waals surface area contributed by atoms with Crippen molar-refractivity contribution in [2.24, 2.45) is 0 Å². The van der Waals surface area contributed by atoms with Crippen molar-refractivity contribution in [3.05, 3.63) is 52.6 Å². The Bertz CT molecular complexity index is 628. The fourth-order valence-corrected chi connectivity index (χ4v) is 2.51. The van der Waals surface area contributed by atoms with Gasteiger partial charge in [-0.05, 0) is 23.1 Å². The van der Waals surface area contributed by atoms with E-state index < -0.39 is 0 Å². The van der Waals surface area contributed by atoms with Crippen LogP contribution >= 0.6 is 11.3 Å². The Morgan fingerprint density at radius 1 is 1.29 bits per heavy atom. The predicted octanol–water partition coefficient (Wildman–Crippen LogP) is 2.64. The van der Waals surface area contributed by atoms with Crippen molar-refractivity contribution in [1.82, 2.24) is 9.55 Å². The zero-order valence-electron chi connectivity index (χ0n) is 9.21. The van der Waals surface area contributed by atoms with Gasteiger partial charge in [0.05, 0.1) is 24.4 Å². The smallest absolute Gasteiger partial charge is 0.0795 e. The Kier molecular flexibility index (Phi) is 2.66. The Morgan fingerprint density at radius 3 is 3.00 bits per heavy atom. The third-order valence-corrected chi connectivity index (χ3v) is 3.47. The minimum absolute atomic E-state index is 0.0812. The molecule has 2 aromatic heterocycles. The van der Waals surface area contributed by atoms with E-state index in [-0.39, 0.29) is 6.61 Å². The summed E-state index contributed by atoms with van der Waals surface area (Å²) in [6.45, 7) is 0.861. The molecule has 0 aliphatic heterocycles. The van der Waals surface area contributed by atoms with E-state index in [2.05, 4.69) is 27.2 Å². The second-order valence-electron chi connectivity index (χ2n) is 3.97. The Balaban J connectivity index is 2.04. The van der Waals surface area contributed by atoms with E-state index in [0.717, 1.165) is 23.3 Å². The first-order valence-corrected chi connectivity index (χ1v) is 6.37. The van der Waals surface area contributed by atoms with Gasteiger partial charge in [-0.1, -0.05) is 12.1 Å². The molecule has 86 valence electrons. The van der Waals surface area contributed by atoms with Gasteiger partial charge in [0.2, 0.25) is 0 Å². The van der Waals surface area contributed by atoms with E-state index in [1.807, 2.05) is 23.7 Å². The average Bonchev–Trinajstić information content (AvgIpc) is 2.99. The molecular weight excluding hydrogens is 232 g/mol. The summed E-state index contributed by atoms with van der Waals surface area (Å²) in [5.74, 6) is 0. The molecule has 3 nitrogen and oxygen atoms in total. The number of fused-ring (bicyclic) bond motifs is 1. The average molecular weight is 244 g/mol. The topological polar surface area (TPSA) is 38.0 Å². The highest BCUT2D eigenvalue weighted by molar-refractivity contribution is 7.07. The lowest BCUT2D eigenvalue weighted by Gasteiger charge is -2.04. The van der Waals surface area contributed by atoms with Gasteiger partial charge in [0.1, 0.15) is 0 Å². The molecule has 1 N–H and O–H groups in total. The van der Waals surface area contributed by atoms with Gasteiger partial charge in [-0.15, -0.1) is 11.3 Å². The summed E-state index contributed by atoms with van der Waals surface area (Å²) in [4.78, 5) is 4.29. The first-order valence-electron chi connectivity index (χ1n) is 5.42. The van der Waals surface area contributed by atoms with E-state index >= 15 is 0 Å². The van der Waals surface area contributed by atoms with Crippen LogP contribution in [0, 0.1) is 0 Å². The van der Waals surface area contributed by atoms with Gasteiger partial charge in [-0.2, -0.15) is 0 Å². The van der Waals surface area contributed by atoms with Gasteiger partial charge in [0, 0.05) is 17.1 Å². The maximum atomic E-state index is 9.16. The Hall–Kier alpha value is -1.65. The summed E-state index contributed by atoms with van der Waals surface area (Å²) >= 11 is 1.61. The molecule has 0 saturated carbocycles. The Morgan fingerprint density at radius 2 is 2.24 bits per heavy atom. The quantitative estimate of drug-likeness (QED) is 0.769. The second kappa shape index (κ2) is 4.31. The number of hydrogen-bond donors (Lipinski definition) is 1. The standard InChI is InChI=1S/C13H12N2OS/c16-7-10-1-2-11-3-4-15(13(11)5-10)6-12-8-17-9-14-12/h1-5,8-9,16H,6-7H2. The molecule has 0 unspecified atom stereocenters. The number of hydrogen-bond acceptors (Lipinski definition) is 3. The number of nitrogens with zero attached hydrogens (tertiary/aromatic N) is 2. The zero-order chi connectivity index (χ0) is 11.7. The van der Waals surface area contributed by atoms with Gasteiger partial charge < -0.3 is 9.67 Å². The van der Waals surface area contributed by atoms with E-state index in [1.54, 1.807) is 11.3 Å². The highest BCUT2D eigenvalue weighted by Crippen LogP contribution is 2.19. The van der Waals surface area contributed by atoms with E-state index in [0.29, 0.717) is 0 Å². The van der Waals surface area contributed by atoms with E-state index in [4.69, 9.17) is 5.11 Å². The van der Waals surface area contributed by atoms with Crippen LogP contribution in [-0.2, 0) is 13.2 Å². The molecule has 1 aromatic carbocycles. The highest BCUT2D eigenvalue weighted by atomic mass is 32.1. The summed E-state index contributed by atoms with van der Waals surface area (Å²) in [5.41, 5.74) is 5.00. The predicted molar refractivity (Wildman–Crippen MR) is 69.1 cm³/mol. The summed E-state index contributed by atoms with van der Waals surface area (Å²) < 4.78 is 2.16. The van der Waals surface area contributed by atoms with Gasteiger partial charge in [0.15, 0.2) is 0 Å². The van der Waals surface area contributed by atoms with Gasteiger partial charge in [0.25, 0.3) is 0 Å². The number of aromatic nitrogens is 2.